The zero-order valence-electron chi connectivity index (χ0n) is 15.6. The molecule has 0 saturated carbocycles. The van der Waals surface area contributed by atoms with E-state index in [-0.39, 0.29) is 5.69 Å². The summed E-state index contributed by atoms with van der Waals surface area (Å²) in [6, 6.07) is 3.52. The highest BCUT2D eigenvalue weighted by Gasteiger charge is 2.79. The average molecular weight is 410 g/mol. The van der Waals surface area contributed by atoms with E-state index in [0.717, 1.165) is 19.1 Å². The maximum absolute atomic E-state index is 13.5. The summed E-state index contributed by atoms with van der Waals surface area (Å²) in [5.41, 5.74) is -5.64. The fourth-order valence-electron chi connectivity index (χ4n) is 5.18. The minimum Gasteiger partial charge on any atom is -0.387 e. The Kier molecular flexibility index (Phi) is 3.80. The second kappa shape index (κ2) is 5.56. The molecule has 2 bridgehead atoms. The molecule has 10 heteroatoms. The normalized spacial score (nSPS) is 38.5. The van der Waals surface area contributed by atoms with Gasteiger partial charge in [-0.2, -0.15) is 18.4 Å². The molecule has 0 radical (unpaired) electrons. The van der Waals surface area contributed by atoms with Gasteiger partial charge in [-0.15, -0.1) is 0 Å². The van der Waals surface area contributed by atoms with E-state index < -0.39 is 69.9 Å². The summed E-state index contributed by atoms with van der Waals surface area (Å²) in [5, 5.41) is 29.7. The Morgan fingerprint density at radius 2 is 1.59 bits per heavy atom. The lowest BCUT2D eigenvalue weighted by Crippen LogP contribution is -2.57. The zero-order chi connectivity index (χ0) is 21.7. The fourth-order valence-corrected chi connectivity index (χ4v) is 5.18. The van der Waals surface area contributed by atoms with Crippen LogP contribution >= 0.6 is 0 Å². The van der Waals surface area contributed by atoms with Crippen molar-refractivity contribution in [2.45, 2.75) is 50.4 Å². The first kappa shape index (κ1) is 19.8. The van der Waals surface area contributed by atoms with E-state index in [0.29, 0.717) is 4.90 Å². The number of halogens is 3. The highest BCUT2D eigenvalue weighted by Crippen LogP contribution is 2.61. The number of hydrogen-bond donors (Lipinski definition) is 2. The van der Waals surface area contributed by atoms with Crippen LogP contribution in [-0.2, 0) is 20.5 Å². The highest BCUT2D eigenvalue weighted by atomic mass is 19.4. The summed E-state index contributed by atoms with van der Waals surface area (Å²) in [6.07, 6.45) is -7.73. The number of nitriles is 1. The van der Waals surface area contributed by atoms with Gasteiger partial charge in [-0.25, -0.2) is 4.90 Å². The van der Waals surface area contributed by atoms with Crippen molar-refractivity contribution in [2.24, 2.45) is 11.8 Å². The summed E-state index contributed by atoms with van der Waals surface area (Å²) < 4.78 is 46.3. The number of ether oxygens (including phenoxy) is 1. The number of amides is 2. The quantitative estimate of drug-likeness (QED) is 0.675. The van der Waals surface area contributed by atoms with Gasteiger partial charge in [0.05, 0.1) is 34.7 Å². The van der Waals surface area contributed by atoms with Gasteiger partial charge in [0.2, 0.25) is 11.8 Å². The van der Waals surface area contributed by atoms with E-state index in [9.17, 15) is 33.0 Å². The lowest BCUT2D eigenvalue weighted by atomic mass is 9.66. The van der Waals surface area contributed by atoms with Crippen LogP contribution < -0.4 is 4.90 Å². The van der Waals surface area contributed by atoms with E-state index in [1.165, 1.54) is 19.9 Å². The molecule has 3 fully saturated rings. The van der Waals surface area contributed by atoms with Gasteiger partial charge in [-0.05, 0) is 38.5 Å². The molecule has 3 heterocycles. The third-order valence-electron chi connectivity index (χ3n) is 6.54. The lowest BCUT2D eigenvalue weighted by molar-refractivity contribution is -0.138. The summed E-state index contributed by atoms with van der Waals surface area (Å²) in [7, 11) is 0. The number of carbonyl (C=O) groups excluding carboxylic acids is 2. The van der Waals surface area contributed by atoms with Gasteiger partial charge < -0.3 is 14.9 Å². The molecule has 1 aromatic rings. The van der Waals surface area contributed by atoms with E-state index in [1.54, 1.807) is 0 Å². The maximum atomic E-state index is 13.5. The third kappa shape index (κ3) is 2.18. The molecule has 6 atom stereocenters. The number of anilines is 1. The number of alkyl halides is 3. The minimum atomic E-state index is -4.86. The fraction of sp³-hybridized carbons (Fsp3) is 0.526. The molecule has 2 N–H and O–H groups in total. The molecule has 3 saturated heterocycles. The molecule has 4 rings (SSSR count). The Hall–Kier alpha value is -2.48. The van der Waals surface area contributed by atoms with Crippen LogP contribution in [0.15, 0.2) is 12.1 Å². The number of fused-ring (bicyclic) bond motifs is 5. The smallest absolute Gasteiger partial charge is 0.387 e. The molecule has 0 unspecified atom stereocenters. The summed E-state index contributed by atoms with van der Waals surface area (Å²) >= 11 is 0. The van der Waals surface area contributed by atoms with Crippen LogP contribution in [-0.4, -0.2) is 45.4 Å². The molecule has 7 nitrogen and oxygen atoms in total. The minimum absolute atomic E-state index is 0.281. The molecule has 1 aromatic carbocycles. The maximum Gasteiger partial charge on any atom is 0.418 e. The van der Waals surface area contributed by atoms with Gasteiger partial charge >= 0.3 is 6.18 Å². The van der Waals surface area contributed by atoms with Crippen molar-refractivity contribution in [1.29, 1.82) is 5.26 Å². The largest absolute Gasteiger partial charge is 0.418 e. The van der Waals surface area contributed by atoms with Crippen molar-refractivity contribution in [3.8, 4) is 6.07 Å². The Balaban J connectivity index is 1.87. The number of carbonyl (C=O) groups is 2. The Morgan fingerprint density at radius 1 is 1.10 bits per heavy atom. The standard InChI is InChI=1S/C19H17F3N2O5/c1-7-9(5-4-8(6-23)10(7)19(20,21)22)24-15(27)11-12(16(24)28)18(3)14(26)13(25)17(11,2)29-18/h4-5,11-14,25-26H,1-3H3/t11-,12+,13-,14+,17+,18-. The first-order chi connectivity index (χ1) is 13.3. The molecule has 29 heavy (non-hydrogen) atoms. The van der Waals surface area contributed by atoms with Crippen LogP contribution in [0.5, 0.6) is 0 Å². The van der Waals surface area contributed by atoms with Gasteiger partial charge in [0.1, 0.15) is 23.4 Å². The molecular weight excluding hydrogens is 393 g/mol. The first-order valence-corrected chi connectivity index (χ1v) is 8.85. The number of aliphatic hydroxyl groups is 2. The average Bonchev–Trinajstić information content (AvgIpc) is 3.10. The molecular formula is C19H17F3N2O5. The predicted octanol–water partition coefficient (Wildman–Crippen LogP) is 1.27. The monoisotopic (exact) mass is 410 g/mol. The van der Waals surface area contributed by atoms with Crippen LogP contribution in [0.4, 0.5) is 18.9 Å². The van der Waals surface area contributed by atoms with E-state index in [1.807, 2.05) is 0 Å². The van der Waals surface area contributed by atoms with E-state index >= 15 is 0 Å². The zero-order valence-corrected chi connectivity index (χ0v) is 15.6. The van der Waals surface area contributed by atoms with Gasteiger partial charge in [-0.3, -0.25) is 9.59 Å². The number of imide groups is 1. The van der Waals surface area contributed by atoms with Crippen LogP contribution in [0.1, 0.15) is 30.5 Å². The molecule has 2 amide bonds. The summed E-state index contributed by atoms with van der Waals surface area (Å²) in [4.78, 5) is 26.9. The Bertz CT molecular complexity index is 965. The van der Waals surface area contributed by atoms with Crippen LogP contribution in [0.2, 0.25) is 0 Å². The molecule has 3 aliphatic heterocycles. The van der Waals surface area contributed by atoms with Gasteiger partial charge in [0.25, 0.3) is 0 Å². The lowest BCUT2D eigenvalue weighted by Gasteiger charge is -2.35. The number of hydrogen-bond acceptors (Lipinski definition) is 6. The van der Waals surface area contributed by atoms with Crippen LogP contribution in [0.25, 0.3) is 0 Å². The van der Waals surface area contributed by atoms with E-state index in [2.05, 4.69) is 0 Å². The van der Waals surface area contributed by atoms with Crippen molar-refractivity contribution in [3.63, 3.8) is 0 Å². The predicted molar refractivity (Wildman–Crippen MR) is 90.3 cm³/mol. The van der Waals surface area contributed by atoms with Crippen LogP contribution in [0, 0.1) is 30.1 Å². The SMILES string of the molecule is Cc1c(N2C(=O)[C@@H]3[C@H](C2=O)[C@]2(C)O[C@@]3(C)[C@@H](O)[C@H]2O)ccc(C#N)c1C(F)(F)F. The van der Waals surface area contributed by atoms with Crippen molar-refractivity contribution < 1.29 is 37.7 Å². The number of nitrogens with zero attached hydrogens (tertiary/aromatic N) is 2. The second-order valence-electron chi connectivity index (χ2n) is 8.07. The second-order valence-corrected chi connectivity index (χ2v) is 8.07. The Labute approximate surface area is 163 Å². The molecule has 154 valence electrons. The number of rotatable bonds is 1. The van der Waals surface area contributed by atoms with Crippen molar-refractivity contribution in [3.05, 3.63) is 28.8 Å². The summed E-state index contributed by atoms with van der Waals surface area (Å²) in [6.45, 7) is 3.89. The van der Waals surface area contributed by atoms with Crippen LogP contribution in [0.3, 0.4) is 0 Å². The third-order valence-corrected chi connectivity index (χ3v) is 6.54. The van der Waals surface area contributed by atoms with Gasteiger partial charge in [-0.1, -0.05) is 0 Å². The molecule has 3 aliphatic rings. The highest BCUT2D eigenvalue weighted by molar-refractivity contribution is 6.23. The number of benzene rings is 1. The van der Waals surface area contributed by atoms with Gasteiger partial charge in [0.15, 0.2) is 0 Å². The van der Waals surface area contributed by atoms with Crippen molar-refractivity contribution in [2.75, 3.05) is 4.90 Å². The van der Waals surface area contributed by atoms with E-state index in [4.69, 9.17) is 10.00 Å². The first-order valence-electron chi connectivity index (χ1n) is 8.85. The van der Waals surface area contributed by atoms with Crippen molar-refractivity contribution >= 4 is 17.5 Å². The molecule has 0 aromatic heterocycles. The van der Waals surface area contributed by atoms with Gasteiger partial charge in [0, 0.05) is 0 Å². The molecule has 0 spiro atoms. The molecule has 0 aliphatic carbocycles. The van der Waals surface area contributed by atoms with Crippen molar-refractivity contribution in [1.82, 2.24) is 0 Å². The Morgan fingerprint density at radius 3 is 2.00 bits per heavy atom. The topological polar surface area (TPSA) is 111 Å². The summed E-state index contributed by atoms with van der Waals surface area (Å²) in [5.74, 6) is -3.92. The number of aliphatic hydroxyl groups excluding tert-OH is 2.